The van der Waals surface area contributed by atoms with E-state index in [4.69, 9.17) is 16.3 Å². The number of halogens is 1. The molecule has 8 nitrogen and oxygen atoms in total. The Morgan fingerprint density at radius 2 is 1.71 bits per heavy atom. The summed E-state index contributed by atoms with van der Waals surface area (Å²) in [5, 5.41) is 8.99. The zero-order valence-electron chi connectivity index (χ0n) is 20.6. The first-order valence-electron chi connectivity index (χ1n) is 11.5. The number of rotatable bonds is 7. The molecule has 0 radical (unpaired) electrons. The highest BCUT2D eigenvalue weighted by Gasteiger charge is 2.36. The number of carbonyl (C=O) groups is 3. The summed E-state index contributed by atoms with van der Waals surface area (Å²) in [6.45, 7) is 9.67. The van der Waals surface area contributed by atoms with Crippen LogP contribution in [0.25, 0.3) is 0 Å². The summed E-state index contributed by atoms with van der Waals surface area (Å²) < 4.78 is 5.47. The lowest BCUT2D eigenvalue weighted by atomic mass is 9.94. The molecule has 1 atom stereocenters. The molecule has 2 aromatic carbocycles. The Kier molecular flexibility index (Phi) is 8.40. The van der Waals surface area contributed by atoms with E-state index < -0.39 is 18.0 Å². The molecular weight excluding hydrogens is 468 g/mol. The molecule has 0 saturated carbocycles. The number of aryl methyl sites for hydroxylation is 1. The first-order valence-corrected chi connectivity index (χ1v) is 11.9. The van der Waals surface area contributed by atoms with Crippen molar-refractivity contribution in [3.63, 3.8) is 0 Å². The van der Waals surface area contributed by atoms with Crippen LogP contribution in [0.4, 0.5) is 21.0 Å². The van der Waals surface area contributed by atoms with Crippen LogP contribution in [-0.2, 0) is 9.53 Å². The Bertz CT molecular complexity index is 1140. The van der Waals surface area contributed by atoms with Crippen molar-refractivity contribution in [2.75, 3.05) is 17.2 Å². The van der Waals surface area contributed by atoms with Gasteiger partial charge in [0.15, 0.2) is 0 Å². The van der Waals surface area contributed by atoms with Gasteiger partial charge in [0.2, 0.25) is 0 Å². The molecule has 1 heterocycles. The van der Waals surface area contributed by atoms with Crippen LogP contribution in [0, 0.1) is 6.92 Å². The number of nitrogens with zero attached hydrogens (tertiary/aromatic N) is 1. The van der Waals surface area contributed by atoms with Gasteiger partial charge in [-0.2, -0.15) is 0 Å². The van der Waals surface area contributed by atoms with E-state index in [1.807, 2.05) is 19.9 Å². The number of hydrogen-bond donors (Lipinski definition) is 3. The number of esters is 1. The van der Waals surface area contributed by atoms with E-state index in [9.17, 15) is 14.4 Å². The van der Waals surface area contributed by atoms with Gasteiger partial charge < -0.3 is 20.7 Å². The summed E-state index contributed by atoms with van der Waals surface area (Å²) in [6.07, 6.45) is 0.452. The highest BCUT2D eigenvalue weighted by molar-refractivity contribution is 6.31. The predicted octanol–water partition coefficient (Wildman–Crippen LogP) is 5.99. The van der Waals surface area contributed by atoms with Crippen molar-refractivity contribution in [3.05, 3.63) is 69.9 Å². The molecule has 3 rings (SSSR count). The summed E-state index contributed by atoms with van der Waals surface area (Å²) in [4.78, 5) is 39.7. The van der Waals surface area contributed by atoms with E-state index >= 15 is 0 Å². The van der Waals surface area contributed by atoms with E-state index in [-0.39, 0.29) is 12.1 Å². The van der Waals surface area contributed by atoms with Gasteiger partial charge in [-0.1, -0.05) is 36.7 Å². The van der Waals surface area contributed by atoms with Crippen LogP contribution in [0.3, 0.4) is 0 Å². The molecule has 1 unspecified atom stereocenters. The lowest BCUT2D eigenvalue weighted by molar-refractivity contribution is -0.143. The molecular formula is C26H31ClN4O4. The van der Waals surface area contributed by atoms with Gasteiger partial charge in [0, 0.05) is 28.6 Å². The van der Waals surface area contributed by atoms with Crippen LogP contribution in [0.2, 0.25) is 5.02 Å². The maximum Gasteiger partial charge on any atom is 0.338 e. The first-order chi connectivity index (χ1) is 16.6. The zero-order valence-corrected chi connectivity index (χ0v) is 21.3. The van der Waals surface area contributed by atoms with E-state index in [1.54, 1.807) is 62.1 Å². The van der Waals surface area contributed by atoms with Gasteiger partial charge in [-0.25, -0.2) is 14.4 Å². The third-order valence-electron chi connectivity index (χ3n) is 5.54. The monoisotopic (exact) mass is 498 g/mol. The fourth-order valence-electron chi connectivity index (χ4n) is 3.79. The Labute approximate surface area is 210 Å². The lowest BCUT2D eigenvalue weighted by Crippen LogP contribution is -2.48. The van der Waals surface area contributed by atoms with E-state index in [0.717, 1.165) is 12.0 Å². The molecule has 0 aliphatic carbocycles. The number of benzene rings is 2. The summed E-state index contributed by atoms with van der Waals surface area (Å²) in [5.41, 5.74) is 3.70. The van der Waals surface area contributed by atoms with Crippen molar-refractivity contribution in [1.82, 2.24) is 10.2 Å². The van der Waals surface area contributed by atoms with Crippen molar-refractivity contribution in [2.45, 2.75) is 53.2 Å². The molecule has 0 bridgehead atoms. The molecule has 2 aromatic rings. The highest BCUT2D eigenvalue weighted by atomic mass is 35.5. The fraction of sp³-hybridized carbons (Fsp3) is 0.346. The third-order valence-corrected chi connectivity index (χ3v) is 5.94. The second-order valence-electron chi connectivity index (χ2n) is 8.65. The van der Waals surface area contributed by atoms with Gasteiger partial charge in [0.05, 0.1) is 17.7 Å². The number of allylic oxidation sites excluding steroid dienone is 1. The number of anilines is 2. The van der Waals surface area contributed by atoms with Gasteiger partial charge in [-0.15, -0.1) is 0 Å². The minimum absolute atomic E-state index is 0.270. The quantitative estimate of drug-likeness (QED) is 0.408. The number of amides is 4. The molecule has 1 aliphatic rings. The average Bonchev–Trinajstić information content (AvgIpc) is 2.78. The van der Waals surface area contributed by atoms with Crippen LogP contribution in [0.1, 0.15) is 51.3 Å². The minimum atomic E-state index is -0.667. The standard InChI is InChI=1S/C26H31ClN4O4/c1-6-13-31-17(5)22(24(32)35-15(2)3)23(30-26(31)34)18-8-11-19(12-9-18)28-25(33)29-20-10-7-16(4)21(27)14-20/h7-12,14-15,23H,6,13H2,1-5H3,(H,30,34)(H2,28,29,33). The van der Waals surface area contributed by atoms with Crippen LogP contribution >= 0.6 is 11.6 Å². The van der Waals surface area contributed by atoms with Crippen LogP contribution in [-0.4, -0.2) is 35.6 Å². The number of carbonyl (C=O) groups excluding carboxylic acids is 3. The molecule has 186 valence electrons. The number of ether oxygens (including phenoxy) is 1. The van der Waals surface area contributed by atoms with Crippen molar-refractivity contribution in [3.8, 4) is 0 Å². The number of hydrogen-bond acceptors (Lipinski definition) is 4. The second kappa shape index (κ2) is 11.3. The largest absolute Gasteiger partial charge is 0.459 e. The Morgan fingerprint density at radius 1 is 1.09 bits per heavy atom. The minimum Gasteiger partial charge on any atom is -0.459 e. The molecule has 0 spiro atoms. The number of urea groups is 2. The Hall–Kier alpha value is -3.52. The maximum absolute atomic E-state index is 13.0. The molecule has 1 aliphatic heterocycles. The molecule has 3 N–H and O–H groups in total. The van der Waals surface area contributed by atoms with Crippen LogP contribution < -0.4 is 16.0 Å². The van der Waals surface area contributed by atoms with E-state index in [1.165, 1.54) is 0 Å². The van der Waals surface area contributed by atoms with Gasteiger partial charge in [0.25, 0.3) is 0 Å². The Balaban J connectivity index is 1.80. The topological polar surface area (TPSA) is 99.8 Å². The smallest absolute Gasteiger partial charge is 0.338 e. The van der Waals surface area contributed by atoms with E-state index in [0.29, 0.717) is 39.8 Å². The molecule has 0 fully saturated rings. The average molecular weight is 499 g/mol. The predicted molar refractivity (Wildman–Crippen MR) is 137 cm³/mol. The van der Waals surface area contributed by atoms with Gasteiger partial charge in [0.1, 0.15) is 0 Å². The zero-order chi connectivity index (χ0) is 25.7. The molecule has 0 aromatic heterocycles. The maximum atomic E-state index is 13.0. The van der Waals surface area contributed by atoms with Crippen molar-refractivity contribution >= 4 is 41.0 Å². The molecule has 4 amide bonds. The third kappa shape index (κ3) is 6.33. The van der Waals surface area contributed by atoms with Crippen molar-refractivity contribution < 1.29 is 19.1 Å². The fourth-order valence-corrected chi connectivity index (χ4v) is 3.97. The normalized spacial score (nSPS) is 15.7. The summed E-state index contributed by atoms with van der Waals surface area (Å²) in [7, 11) is 0. The van der Waals surface area contributed by atoms with Crippen LogP contribution in [0.15, 0.2) is 53.7 Å². The van der Waals surface area contributed by atoms with Crippen LogP contribution in [0.5, 0.6) is 0 Å². The summed E-state index contributed by atoms with van der Waals surface area (Å²) >= 11 is 6.12. The van der Waals surface area contributed by atoms with Gasteiger partial charge in [-0.05, 0) is 69.5 Å². The van der Waals surface area contributed by atoms with Gasteiger partial charge >= 0.3 is 18.0 Å². The lowest BCUT2D eigenvalue weighted by Gasteiger charge is -2.35. The number of nitrogens with one attached hydrogen (secondary N) is 3. The second-order valence-corrected chi connectivity index (χ2v) is 9.06. The highest BCUT2D eigenvalue weighted by Crippen LogP contribution is 2.32. The van der Waals surface area contributed by atoms with Gasteiger partial charge in [-0.3, -0.25) is 4.90 Å². The summed E-state index contributed by atoms with van der Waals surface area (Å²) in [5.74, 6) is -0.470. The summed E-state index contributed by atoms with van der Waals surface area (Å²) in [6, 6.07) is 10.9. The molecule has 35 heavy (non-hydrogen) atoms. The van der Waals surface area contributed by atoms with Crippen molar-refractivity contribution in [2.24, 2.45) is 0 Å². The van der Waals surface area contributed by atoms with Crippen molar-refractivity contribution in [1.29, 1.82) is 0 Å². The SMILES string of the molecule is CCCN1C(=O)NC(c2ccc(NC(=O)Nc3ccc(C)c(Cl)c3)cc2)C(C(=O)OC(C)C)=C1C. The first kappa shape index (κ1) is 26.1. The van der Waals surface area contributed by atoms with E-state index in [2.05, 4.69) is 16.0 Å². The molecule has 9 heteroatoms. The Morgan fingerprint density at radius 3 is 2.31 bits per heavy atom. The molecule has 0 saturated heterocycles.